The summed E-state index contributed by atoms with van der Waals surface area (Å²) in [6.45, 7) is 0. The Balaban J connectivity index is 2.89. The van der Waals surface area contributed by atoms with Crippen molar-refractivity contribution in [3.05, 3.63) is 39.5 Å². The minimum Gasteiger partial charge on any atom is -0.494 e. The Bertz CT molecular complexity index is 557. The molecule has 0 atom stereocenters. The molecule has 74 valence electrons. The second kappa shape index (κ2) is 4.07. The second-order valence-corrected chi connectivity index (χ2v) is 4.18. The summed E-state index contributed by atoms with van der Waals surface area (Å²) in [7, 11) is 1.59. The van der Waals surface area contributed by atoms with E-state index >= 15 is 0 Å². The third-order valence-corrected chi connectivity index (χ3v) is 3.34. The molecule has 3 heteroatoms. The van der Waals surface area contributed by atoms with Crippen LogP contribution in [0.1, 0.15) is 5.56 Å². The monoisotopic (exact) mass is 309 g/mol. The molecule has 0 heterocycles. The fraction of sp³-hybridized carbons (Fsp3) is 0.0833. The zero-order chi connectivity index (χ0) is 10.8. The van der Waals surface area contributed by atoms with Crippen molar-refractivity contribution >= 4 is 33.4 Å². The number of benzene rings is 2. The van der Waals surface area contributed by atoms with Gasteiger partial charge in [-0.05, 0) is 39.4 Å². The van der Waals surface area contributed by atoms with Crippen molar-refractivity contribution in [3.8, 4) is 11.8 Å². The fourth-order valence-electron chi connectivity index (χ4n) is 1.57. The third kappa shape index (κ3) is 1.65. The van der Waals surface area contributed by atoms with Crippen molar-refractivity contribution in [2.24, 2.45) is 0 Å². The van der Waals surface area contributed by atoms with Gasteiger partial charge < -0.3 is 4.74 Å². The Morgan fingerprint density at radius 1 is 1.33 bits per heavy atom. The second-order valence-electron chi connectivity index (χ2n) is 3.10. The molecule has 0 fully saturated rings. The predicted octanol–water partition coefficient (Wildman–Crippen LogP) is 3.32. The molecule has 0 aromatic heterocycles. The molecule has 0 bridgehead atoms. The highest BCUT2D eigenvalue weighted by atomic mass is 127. The van der Waals surface area contributed by atoms with Gasteiger partial charge in [0.1, 0.15) is 6.07 Å². The van der Waals surface area contributed by atoms with Crippen molar-refractivity contribution < 1.29 is 4.74 Å². The average Bonchev–Trinajstić information content (AvgIpc) is 2.29. The van der Waals surface area contributed by atoms with Crippen LogP contribution in [0.2, 0.25) is 0 Å². The molecule has 2 aromatic rings. The summed E-state index contributed by atoms with van der Waals surface area (Å²) in [6.07, 6.45) is 0. The number of fused-ring (bicyclic) bond motifs is 1. The Morgan fingerprint density at radius 3 is 2.73 bits per heavy atom. The maximum atomic E-state index is 9.00. The van der Waals surface area contributed by atoms with Gasteiger partial charge in [-0.2, -0.15) is 5.26 Å². The van der Waals surface area contributed by atoms with Crippen LogP contribution in [0.15, 0.2) is 30.3 Å². The number of hydrogen-bond donors (Lipinski definition) is 0. The van der Waals surface area contributed by atoms with Crippen LogP contribution in [-0.2, 0) is 0 Å². The standard InChI is InChI=1S/C12H8INO/c1-15-12-9(7-14)6-8-4-2-3-5-10(8)11(12)13/h2-6H,1H3. The van der Waals surface area contributed by atoms with Gasteiger partial charge in [-0.15, -0.1) is 0 Å². The number of hydrogen-bond acceptors (Lipinski definition) is 2. The maximum Gasteiger partial charge on any atom is 0.150 e. The normalized spacial score (nSPS) is 9.93. The lowest BCUT2D eigenvalue weighted by Gasteiger charge is -2.08. The highest BCUT2D eigenvalue weighted by molar-refractivity contribution is 14.1. The Kier molecular flexibility index (Phi) is 2.78. The summed E-state index contributed by atoms with van der Waals surface area (Å²) in [5.74, 6) is 0.664. The molecule has 2 nitrogen and oxygen atoms in total. The molecule has 0 amide bonds. The molecule has 0 aliphatic rings. The molecule has 0 aliphatic carbocycles. The van der Waals surface area contributed by atoms with Crippen molar-refractivity contribution in [2.45, 2.75) is 0 Å². The molecule has 0 aliphatic heterocycles. The van der Waals surface area contributed by atoms with E-state index in [1.807, 2.05) is 30.3 Å². The van der Waals surface area contributed by atoms with Gasteiger partial charge in [0.2, 0.25) is 0 Å². The van der Waals surface area contributed by atoms with E-state index in [0.29, 0.717) is 11.3 Å². The lowest BCUT2D eigenvalue weighted by molar-refractivity contribution is 0.411. The van der Waals surface area contributed by atoms with Crippen molar-refractivity contribution in [1.29, 1.82) is 5.26 Å². The van der Waals surface area contributed by atoms with E-state index in [9.17, 15) is 0 Å². The van der Waals surface area contributed by atoms with Crippen LogP contribution in [0.4, 0.5) is 0 Å². The van der Waals surface area contributed by atoms with Crippen LogP contribution < -0.4 is 4.74 Å². The molecule has 0 saturated carbocycles. The van der Waals surface area contributed by atoms with Gasteiger partial charge in [0, 0.05) is 0 Å². The number of methoxy groups -OCH3 is 1. The molecule has 0 radical (unpaired) electrons. The van der Waals surface area contributed by atoms with Gasteiger partial charge in [-0.25, -0.2) is 0 Å². The quantitative estimate of drug-likeness (QED) is 0.757. The molecular weight excluding hydrogens is 301 g/mol. The van der Waals surface area contributed by atoms with Gasteiger partial charge in [0.15, 0.2) is 5.75 Å². The Morgan fingerprint density at radius 2 is 2.07 bits per heavy atom. The summed E-state index contributed by atoms with van der Waals surface area (Å²) in [5.41, 5.74) is 0.584. The van der Waals surface area contributed by atoms with E-state index in [4.69, 9.17) is 10.00 Å². The van der Waals surface area contributed by atoms with Gasteiger partial charge in [0.05, 0.1) is 16.2 Å². The van der Waals surface area contributed by atoms with Gasteiger partial charge >= 0.3 is 0 Å². The molecular formula is C12H8INO. The zero-order valence-corrected chi connectivity index (χ0v) is 10.3. The zero-order valence-electron chi connectivity index (χ0n) is 8.12. The van der Waals surface area contributed by atoms with Crippen LogP contribution in [-0.4, -0.2) is 7.11 Å². The van der Waals surface area contributed by atoms with Crippen LogP contribution in [0, 0.1) is 14.9 Å². The molecule has 15 heavy (non-hydrogen) atoms. The summed E-state index contributed by atoms with van der Waals surface area (Å²) < 4.78 is 6.24. The summed E-state index contributed by atoms with van der Waals surface area (Å²) in [4.78, 5) is 0. The van der Waals surface area contributed by atoms with Gasteiger partial charge in [0.25, 0.3) is 0 Å². The Labute approximate surface area is 102 Å². The van der Waals surface area contributed by atoms with E-state index in [1.54, 1.807) is 7.11 Å². The number of ether oxygens (including phenoxy) is 1. The highest BCUT2D eigenvalue weighted by Crippen LogP contribution is 2.32. The Hall–Kier alpha value is -1.28. The largest absolute Gasteiger partial charge is 0.494 e. The number of nitriles is 1. The van der Waals surface area contributed by atoms with Crippen LogP contribution in [0.3, 0.4) is 0 Å². The van der Waals surface area contributed by atoms with E-state index in [2.05, 4.69) is 28.7 Å². The first-order valence-corrected chi connectivity index (χ1v) is 5.51. The van der Waals surface area contributed by atoms with Crippen molar-refractivity contribution in [3.63, 3.8) is 0 Å². The lowest BCUT2D eigenvalue weighted by Crippen LogP contribution is -1.92. The average molecular weight is 309 g/mol. The molecule has 2 rings (SSSR count). The molecule has 0 saturated heterocycles. The van der Waals surface area contributed by atoms with Crippen LogP contribution >= 0.6 is 22.6 Å². The summed E-state index contributed by atoms with van der Waals surface area (Å²) in [5, 5.41) is 11.2. The third-order valence-electron chi connectivity index (χ3n) is 2.27. The molecule has 0 spiro atoms. The maximum absolute atomic E-state index is 9.00. The first kappa shape index (κ1) is 10.2. The van der Waals surface area contributed by atoms with Gasteiger partial charge in [-0.3, -0.25) is 0 Å². The summed E-state index contributed by atoms with van der Waals surface area (Å²) in [6, 6.07) is 12.0. The first-order valence-electron chi connectivity index (χ1n) is 4.43. The molecule has 0 N–H and O–H groups in total. The molecule has 2 aromatic carbocycles. The SMILES string of the molecule is COc1c(C#N)cc2ccccc2c1I. The minimum absolute atomic E-state index is 0.584. The van der Waals surface area contributed by atoms with E-state index in [1.165, 1.54) is 0 Å². The van der Waals surface area contributed by atoms with Crippen LogP contribution in [0.25, 0.3) is 10.8 Å². The smallest absolute Gasteiger partial charge is 0.150 e. The highest BCUT2D eigenvalue weighted by Gasteiger charge is 2.10. The predicted molar refractivity (Wildman–Crippen MR) is 67.9 cm³/mol. The van der Waals surface area contributed by atoms with Crippen LogP contribution in [0.5, 0.6) is 5.75 Å². The topological polar surface area (TPSA) is 33.0 Å². The van der Waals surface area contributed by atoms with E-state index in [-0.39, 0.29) is 0 Å². The minimum atomic E-state index is 0.584. The summed E-state index contributed by atoms with van der Waals surface area (Å²) >= 11 is 2.21. The van der Waals surface area contributed by atoms with E-state index in [0.717, 1.165) is 14.3 Å². The van der Waals surface area contributed by atoms with Gasteiger partial charge in [-0.1, -0.05) is 24.3 Å². The number of rotatable bonds is 1. The number of nitrogens with zero attached hydrogens (tertiary/aromatic N) is 1. The molecule has 0 unspecified atom stereocenters. The van der Waals surface area contributed by atoms with Crippen molar-refractivity contribution in [1.82, 2.24) is 0 Å². The van der Waals surface area contributed by atoms with Crippen molar-refractivity contribution in [2.75, 3.05) is 7.11 Å². The first-order chi connectivity index (χ1) is 7.27. The lowest BCUT2D eigenvalue weighted by atomic mass is 10.1. The fourth-order valence-corrected chi connectivity index (χ4v) is 2.57. The number of halogens is 1. The van der Waals surface area contributed by atoms with E-state index < -0.39 is 0 Å².